The Morgan fingerprint density at radius 3 is 2.32 bits per heavy atom. The van der Waals surface area contributed by atoms with E-state index in [0.717, 1.165) is 17.0 Å². The lowest BCUT2D eigenvalue weighted by Crippen LogP contribution is -2.49. The van der Waals surface area contributed by atoms with Gasteiger partial charge in [-0.3, -0.25) is 4.79 Å². The number of ether oxygens (including phenoxy) is 1. The molecule has 1 aromatic heterocycles. The lowest BCUT2D eigenvalue weighted by Gasteiger charge is -2.34. The van der Waals surface area contributed by atoms with Crippen molar-refractivity contribution in [2.75, 3.05) is 49.6 Å². The van der Waals surface area contributed by atoms with Crippen molar-refractivity contribution in [3.05, 3.63) is 60.4 Å². The van der Waals surface area contributed by atoms with Crippen LogP contribution in [0.15, 0.2) is 59.8 Å². The van der Waals surface area contributed by atoms with Crippen LogP contribution < -0.4 is 14.5 Å². The number of anilines is 2. The van der Waals surface area contributed by atoms with Gasteiger partial charge < -0.3 is 14.5 Å². The maximum atomic E-state index is 13.3. The van der Waals surface area contributed by atoms with E-state index in [1.807, 2.05) is 35.2 Å². The molecule has 200 valence electrons. The van der Waals surface area contributed by atoms with Gasteiger partial charge in [0, 0.05) is 50.0 Å². The molecule has 0 N–H and O–H groups in total. The van der Waals surface area contributed by atoms with Crippen LogP contribution in [0.5, 0.6) is 5.75 Å². The summed E-state index contributed by atoms with van der Waals surface area (Å²) in [5.41, 5.74) is 2.11. The smallest absolute Gasteiger partial charge is 0.471 e. The van der Waals surface area contributed by atoms with Gasteiger partial charge in [0.2, 0.25) is 10.0 Å². The summed E-state index contributed by atoms with van der Waals surface area (Å²) in [7, 11) is -2.28. The van der Waals surface area contributed by atoms with E-state index < -0.39 is 22.1 Å². The second-order valence-electron chi connectivity index (χ2n) is 8.88. The monoisotopic (exact) mass is 547 g/mol. The number of fused-ring (bicyclic) bond motifs is 1. The molecule has 9 nitrogen and oxygen atoms in total. The highest BCUT2D eigenvalue weighted by Crippen LogP contribution is 2.34. The van der Waals surface area contributed by atoms with Crippen molar-refractivity contribution < 1.29 is 31.1 Å². The minimum Gasteiger partial charge on any atom is -0.497 e. The van der Waals surface area contributed by atoms with Crippen LogP contribution in [0, 0.1) is 0 Å². The number of halogens is 3. The van der Waals surface area contributed by atoms with Gasteiger partial charge in [0.25, 0.3) is 0 Å². The Morgan fingerprint density at radius 2 is 1.66 bits per heavy atom. The normalized spacial score (nSPS) is 16.4. The first-order valence-corrected chi connectivity index (χ1v) is 13.2. The topological polar surface area (TPSA) is 95.9 Å². The Hall–Kier alpha value is -3.71. The molecule has 0 saturated carbocycles. The highest BCUT2D eigenvalue weighted by molar-refractivity contribution is 7.89. The summed E-state index contributed by atoms with van der Waals surface area (Å²) >= 11 is 0. The average molecular weight is 548 g/mol. The van der Waals surface area contributed by atoms with Gasteiger partial charge in [0.1, 0.15) is 17.9 Å². The van der Waals surface area contributed by atoms with Crippen LogP contribution in [0.4, 0.5) is 24.7 Å². The number of hydrogen-bond donors (Lipinski definition) is 0. The molecule has 1 saturated heterocycles. The average Bonchev–Trinajstić information content (AvgIpc) is 3.35. The zero-order chi connectivity index (χ0) is 27.1. The number of sulfonamides is 1. The number of carbonyl (C=O) groups is 1. The van der Waals surface area contributed by atoms with Gasteiger partial charge in [0.05, 0.1) is 17.7 Å². The summed E-state index contributed by atoms with van der Waals surface area (Å²) in [6.07, 6.45) is -3.38. The van der Waals surface area contributed by atoms with Crippen molar-refractivity contribution in [1.82, 2.24) is 14.3 Å². The van der Waals surface area contributed by atoms with Gasteiger partial charge >= 0.3 is 12.1 Å². The molecule has 5 rings (SSSR count). The highest BCUT2D eigenvalue weighted by atomic mass is 32.2. The van der Waals surface area contributed by atoms with E-state index in [1.165, 1.54) is 28.8 Å². The highest BCUT2D eigenvalue weighted by Gasteiger charge is 2.45. The van der Waals surface area contributed by atoms with Crippen molar-refractivity contribution in [3.8, 4) is 17.0 Å². The predicted octanol–water partition coefficient (Wildman–Crippen LogP) is 3.11. The summed E-state index contributed by atoms with van der Waals surface area (Å²) in [6.45, 7) is 1.07. The van der Waals surface area contributed by atoms with Crippen LogP contribution >= 0.6 is 0 Å². The molecule has 1 amide bonds. The largest absolute Gasteiger partial charge is 0.497 e. The fraction of sp³-hybridized carbons (Fsp3) is 0.320. The van der Waals surface area contributed by atoms with Crippen molar-refractivity contribution in [1.29, 1.82) is 0 Å². The SMILES string of the molecule is COc1ccc(-c2cc(N3CCN(S(=O)(=O)c4ccc5c(c4)CCN5C(=O)C(F)(F)F)CC3)ncn2)cc1. The molecule has 3 aromatic rings. The lowest BCUT2D eigenvalue weighted by atomic mass is 10.1. The van der Waals surface area contributed by atoms with E-state index in [2.05, 4.69) is 9.97 Å². The number of nitrogens with zero attached hydrogens (tertiary/aromatic N) is 5. The molecule has 0 aliphatic carbocycles. The Morgan fingerprint density at radius 1 is 0.947 bits per heavy atom. The quantitative estimate of drug-likeness (QED) is 0.484. The second-order valence-corrected chi connectivity index (χ2v) is 10.8. The molecule has 13 heteroatoms. The zero-order valence-electron chi connectivity index (χ0n) is 20.3. The first kappa shape index (κ1) is 25.9. The molecule has 1 fully saturated rings. The standard InChI is InChI=1S/C25H24F3N5O4S/c1-37-19-4-2-17(3-5-19)21-15-23(30-16-29-21)31-10-12-32(13-11-31)38(35,36)20-6-7-22-18(14-20)8-9-33(22)24(34)25(26,27)28/h2-7,14-16H,8-13H2,1H3. The number of amides is 1. The van der Waals surface area contributed by atoms with Gasteiger partial charge in [-0.2, -0.15) is 17.5 Å². The van der Waals surface area contributed by atoms with E-state index in [1.54, 1.807) is 7.11 Å². The Labute approximate surface area is 217 Å². The number of carbonyl (C=O) groups excluding carboxylic acids is 1. The van der Waals surface area contributed by atoms with Gasteiger partial charge in [-0.1, -0.05) is 0 Å². The molecule has 0 radical (unpaired) electrons. The van der Waals surface area contributed by atoms with E-state index >= 15 is 0 Å². The van der Waals surface area contributed by atoms with Crippen molar-refractivity contribution >= 4 is 27.4 Å². The fourth-order valence-corrected chi connectivity index (χ4v) is 6.12. The first-order valence-electron chi connectivity index (χ1n) is 11.8. The maximum absolute atomic E-state index is 13.3. The number of rotatable bonds is 5. The summed E-state index contributed by atoms with van der Waals surface area (Å²) in [5, 5.41) is 0. The third-order valence-electron chi connectivity index (χ3n) is 6.67. The third kappa shape index (κ3) is 4.90. The number of aromatic nitrogens is 2. The molecule has 2 aliphatic heterocycles. The van der Waals surface area contributed by atoms with E-state index in [4.69, 9.17) is 4.74 Å². The molecule has 2 aromatic carbocycles. The summed E-state index contributed by atoms with van der Waals surface area (Å²) in [6, 6.07) is 13.2. The molecule has 0 atom stereocenters. The first-order chi connectivity index (χ1) is 18.1. The Kier molecular flexibility index (Phi) is 6.73. The summed E-state index contributed by atoms with van der Waals surface area (Å²) in [4.78, 5) is 23.0. The van der Waals surface area contributed by atoms with E-state index in [0.29, 0.717) is 29.4 Å². The van der Waals surface area contributed by atoms with Gasteiger partial charge in [0.15, 0.2) is 0 Å². The molecular formula is C25H24F3N5O4S. The van der Waals surface area contributed by atoms with Crippen LogP contribution in [0.1, 0.15) is 5.56 Å². The summed E-state index contributed by atoms with van der Waals surface area (Å²) in [5.74, 6) is -0.548. The molecule has 0 spiro atoms. The Bertz CT molecular complexity index is 1460. The van der Waals surface area contributed by atoms with Crippen LogP contribution in [-0.4, -0.2) is 74.6 Å². The minimum absolute atomic E-state index is 0.00478. The van der Waals surface area contributed by atoms with Crippen LogP contribution in [0.25, 0.3) is 11.3 Å². The van der Waals surface area contributed by atoms with Gasteiger partial charge in [-0.15, -0.1) is 0 Å². The third-order valence-corrected chi connectivity index (χ3v) is 8.57. The molecule has 38 heavy (non-hydrogen) atoms. The Balaban J connectivity index is 1.28. The zero-order valence-corrected chi connectivity index (χ0v) is 21.2. The number of hydrogen-bond acceptors (Lipinski definition) is 7. The predicted molar refractivity (Wildman–Crippen MR) is 134 cm³/mol. The number of alkyl halides is 3. The van der Waals surface area contributed by atoms with Crippen molar-refractivity contribution in [2.45, 2.75) is 17.5 Å². The number of methoxy groups -OCH3 is 1. The molecule has 0 bridgehead atoms. The van der Waals surface area contributed by atoms with Crippen LogP contribution in [0.2, 0.25) is 0 Å². The van der Waals surface area contributed by atoms with Gasteiger partial charge in [-0.25, -0.2) is 18.4 Å². The molecule has 0 unspecified atom stereocenters. The van der Waals surface area contributed by atoms with Crippen LogP contribution in [0.3, 0.4) is 0 Å². The maximum Gasteiger partial charge on any atom is 0.471 e. The fourth-order valence-electron chi connectivity index (χ4n) is 4.65. The second kappa shape index (κ2) is 9.87. The van der Waals surface area contributed by atoms with Gasteiger partial charge in [-0.05, 0) is 54.4 Å². The summed E-state index contributed by atoms with van der Waals surface area (Å²) < 4.78 is 71.8. The minimum atomic E-state index is -4.99. The molecular weight excluding hydrogens is 523 g/mol. The molecule has 2 aliphatic rings. The number of piperazine rings is 1. The van der Waals surface area contributed by atoms with Crippen LogP contribution in [-0.2, 0) is 21.2 Å². The number of benzene rings is 2. The van der Waals surface area contributed by atoms with E-state index in [9.17, 15) is 26.4 Å². The van der Waals surface area contributed by atoms with Crippen molar-refractivity contribution in [2.24, 2.45) is 0 Å². The lowest BCUT2D eigenvalue weighted by molar-refractivity contribution is -0.170. The van der Waals surface area contributed by atoms with Crippen molar-refractivity contribution in [3.63, 3.8) is 0 Å². The molecule has 3 heterocycles. The van der Waals surface area contributed by atoms with E-state index in [-0.39, 0.29) is 36.6 Å².